The highest BCUT2D eigenvalue weighted by Gasteiger charge is 1.99. The highest BCUT2D eigenvalue weighted by atomic mass is 16.5. The van der Waals surface area contributed by atoms with Crippen LogP contribution in [-0.4, -0.2) is 35.6 Å². The topological polar surface area (TPSA) is 110 Å². The number of aromatic amines is 1. The summed E-state index contributed by atoms with van der Waals surface area (Å²) in [5.74, 6) is 0.610. The van der Waals surface area contributed by atoms with E-state index in [1.54, 1.807) is 0 Å². The standard InChI is InChI=1S/C10H16N4O3/c1-2-8-13-9(5-10(16)14-8)12-3-4-17-6-7(11)15/h5H,2-4,6H2,1H3,(H2,11,15)(H2,12,13,14,16). The lowest BCUT2D eigenvalue weighted by Crippen LogP contribution is -2.21. The molecule has 0 aliphatic heterocycles. The number of anilines is 1. The van der Waals surface area contributed by atoms with Gasteiger partial charge >= 0.3 is 0 Å². The largest absolute Gasteiger partial charge is 0.370 e. The number of carbonyl (C=O) groups is 1. The van der Waals surface area contributed by atoms with Crippen molar-refractivity contribution in [2.45, 2.75) is 13.3 Å². The molecule has 0 saturated carbocycles. The molecule has 0 aliphatic rings. The normalized spacial score (nSPS) is 10.2. The number of aromatic nitrogens is 2. The first-order chi connectivity index (χ1) is 8.11. The molecule has 94 valence electrons. The molecule has 1 rings (SSSR count). The van der Waals surface area contributed by atoms with Crippen molar-refractivity contribution >= 4 is 11.7 Å². The van der Waals surface area contributed by atoms with Gasteiger partial charge in [-0.05, 0) is 0 Å². The van der Waals surface area contributed by atoms with Crippen LogP contribution in [0, 0.1) is 0 Å². The smallest absolute Gasteiger partial charge is 0.252 e. The molecular formula is C10H16N4O3. The number of primary amides is 1. The van der Waals surface area contributed by atoms with Gasteiger partial charge in [0.1, 0.15) is 18.2 Å². The summed E-state index contributed by atoms with van der Waals surface area (Å²) < 4.78 is 4.95. The maximum atomic E-state index is 11.2. The number of rotatable bonds is 7. The van der Waals surface area contributed by atoms with Crippen LogP contribution < -0.4 is 16.6 Å². The van der Waals surface area contributed by atoms with Gasteiger partial charge in [0.25, 0.3) is 5.56 Å². The molecule has 0 bridgehead atoms. The number of carbonyl (C=O) groups excluding carboxylic acids is 1. The number of aryl methyl sites for hydroxylation is 1. The second-order valence-corrected chi connectivity index (χ2v) is 3.38. The summed E-state index contributed by atoms with van der Waals surface area (Å²) in [5, 5.41) is 2.93. The first-order valence-corrected chi connectivity index (χ1v) is 5.32. The minimum atomic E-state index is -0.507. The number of ether oxygens (including phenoxy) is 1. The monoisotopic (exact) mass is 240 g/mol. The summed E-state index contributed by atoms with van der Waals surface area (Å²) >= 11 is 0. The van der Waals surface area contributed by atoms with E-state index in [-0.39, 0.29) is 12.2 Å². The Labute approximate surface area is 98.4 Å². The van der Waals surface area contributed by atoms with E-state index in [0.717, 1.165) is 0 Å². The number of nitrogens with one attached hydrogen (secondary N) is 2. The summed E-state index contributed by atoms with van der Waals surface area (Å²) in [6.07, 6.45) is 0.656. The van der Waals surface area contributed by atoms with Crippen molar-refractivity contribution in [3.05, 3.63) is 22.2 Å². The highest BCUT2D eigenvalue weighted by molar-refractivity contribution is 5.74. The lowest BCUT2D eigenvalue weighted by molar-refractivity contribution is -0.122. The van der Waals surface area contributed by atoms with E-state index >= 15 is 0 Å². The SMILES string of the molecule is CCc1nc(NCCOCC(N)=O)cc(=O)[nH]1. The minimum absolute atomic E-state index is 0.106. The maximum absolute atomic E-state index is 11.2. The van der Waals surface area contributed by atoms with Crippen LogP contribution >= 0.6 is 0 Å². The fourth-order valence-corrected chi connectivity index (χ4v) is 1.19. The predicted octanol–water partition coefficient (Wildman–Crippen LogP) is -0.754. The maximum Gasteiger partial charge on any atom is 0.252 e. The number of H-pyrrole nitrogens is 1. The third-order valence-corrected chi connectivity index (χ3v) is 1.92. The molecular weight excluding hydrogens is 224 g/mol. The Morgan fingerprint density at radius 2 is 2.41 bits per heavy atom. The number of nitrogens with zero attached hydrogens (tertiary/aromatic N) is 1. The Bertz CT molecular complexity index is 430. The molecule has 1 aromatic rings. The van der Waals surface area contributed by atoms with Gasteiger partial charge in [-0.25, -0.2) is 4.98 Å². The number of hydrogen-bond donors (Lipinski definition) is 3. The van der Waals surface area contributed by atoms with Crippen molar-refractivity contribution in [1.82, 2.24) is 9.97 Å². The van der Waals surface area contributed by atoms with Gasteiger partial charge in [0, 0.05) is 19.0 Å². The fraction of sp³-hybridized carbons (Fsp3) is 0.500. The van der Waals surface area contributed by atoms with Crippen LogP contribution in [0.15, 0.2) is 10.9 Å². The second kappa shape index (κ2) is 6.64. The lowest BCUT2D eigenvalue weighted by atomic mass is 10.4. The molecule has 1 heterocycles. The third kappa shape index (κ3) is 5.12. The molecule has 0 unspecified atom stereocenters. The first-order valence-electron chi connectivity index (χ1n) is 5.32. The van der Waals surface area contributed by atoms with Gasteiger partial charge in [0.2, 0.25) is 5.91 Å². The zero-order valence-electron chi connectivity index (χ0n) is 9.66. The van der Waals surface area contributed by atoms with E-state index in [9.17, 15) is 9.59 Å². The van der Waals surface area contributed by atoms with Crippen molar-refractivity contribution in [2.75, 3.05) is 25.1 Å². The van der Waals surface area contributed by atoms with Crippen LogP contribution in [-0.2, 0) is 16.0 Å². The molecule has 7 heteroatoms. The molecule has 0 aromatic carbocycles. The fourth-order valence-electron chi connectivity index (χ4n) is 1.19. The van der Waals surface area contributed by atoms with Crippen molar-refractivity contribution < 1.29 is 9.53 Å². The molecule has 4 N–H and O–H groups in total. The summed E-state index contributed by atoms with van der Waals surface area (Å²) in [7, 11) is 0. The average molecular weight is 240 g/mol. The zero-order chi connectivity index (χ0) is 12.7. The van der Waals surface area contributed by atoms with Gasteiger partial charge in [-0.2, -0.15) is 0 Å². The molecule has 0 fully saturated rings. The summed E-state index contributed by atoms with van der Waals surface area (Å²) in [6.45, 7) is 2.56. The molecule has 1 amide bonds. The molecule has 7 nitrogen and oxygen atoms in total. The van der Waals surface area contributed by atoms with Gasteiger partial charge in [-0.1, -0.05) is 6.92 Å². The van der Waals surface area contributed by atoms with Crippen LogP contribution in [0.4, 0.5) is 5.82 Å². The Kier molecular flexibility index (Phi) is 5.15. The Morgan fingerprint density at radius 3 is 3.06 bits per heavy atom. The number of nitrogens with two attached hydrogens (primary N) is 1. The van der Waals surface area contributed by atoms with Crippen molar-refractivity contribution in [3.8, 4) is 0 Å². The van der Waals surface area contributed by atoms with E-state index in [1.165, 1.54) is 6.07 Å². The lowest BCUT2D eigenvalue weighted by Gasteiger charge is -2.06. The zero-order valence-corrected chi connectivity index (χ0v) is 9.66. The van der Waals surface area contributed by atoms with Gasteiger partial charge < -0.3 is 20.8 Å². The molecule has 0 atom stereocenters. The summed E-state index contributed by atoms with van der Waals surface area (Å²) in [6, 6.07) is 1.37. The van der Waals surface area contributed by atoms with Crippen molar-refractivity contribution in [2.24, 2.45) is 5.73 Å². The Balaban J connectivity index is 2.38. The van der Waals surface area contributed by atoms with Gasteiger partial charge in [0.15, 0.2) is 0 Å². The van der Waals surface area contributed by atoms with Gasteiger partial charge in [-0.3, -0.25) is 9.59 Å². The molecule has 1 aromatic heterocycles. The third-order valence-electron chi connectivity index (χ3n) is 1.92. The van der Waals surface area contributed by atoms with E-state index in [4.69, 9.17) is 10.5 Å². The van der Waals surface area contributed by atoms with E-state index < -0.39 is 5.91 Å². The Hall–Kier alpha value is -1.89. The van der Waals surface area contributed by atoms with Crippen LogP contribution in [0.3, 0.4) is 0 Å². The van der Waals surface area contributed by atoms with Crippen molar-refractivity contribution in [3.63, 3.8) is 0 Å². The predicted molar refractivity (Wildman–Crippen MR) is 62.7 cm³/mol. The quantitative estimate of drug-likeness (QED) is 0.543. The molecule has 0 spiro atoms. The molecule has 0 radical (unpaired) electrons. The first kappa shape index (κ1) is 13.2. The Morgan fingerprint density at radius 1 is 1.65 bits per heavy atom. The van der Waals surface area contributed by atoms with Gasteiger partial charge in [0.05, 0.1) is 6.61 Å². The molecule has 0 aliphatic carbocycles. The summed E-state index contributed by atoms with van der Waals surface area (Å²) in [4.78, 5) is 28.4. The second-order valence-electron chi connectivity index (χ2n) is 3.38. The number of hydrogen-bond acceptors (Lipinski definition) is 5. The van der Waals surface area contributed by atoms with E-state index in [1.807, 2.05) is 6.92 Å². The van der Waals surface area contributed by atoms with Crippen LogP contribution in [0.5, 0.6) is 0 Å². The minimum Gasteiger partial charge on any atom is -0.370 e. The van der Waals surface area contributed by atoms with Crippen LogP contribution in [0.25, 0.3) is 0 Å². The van der Waals surface area contributed by atoms with E-state index in [0.29, 0.717) is 31.2 Å². The molecule has 17 heavy (non-hydrogen) atoms. The van der Waals surface area contributed by atoms with Gasteiger partial charge in [-0.15, -0.1) is 0 Å². The van der Waals surface area contributed by atoms with Crippen molar-refractivity contribution in [1.29, 1.82) is 0 Å². The molecule has 0 saturated heterocycles. The number of amides is 1. The average Bonchev–Trinajstić information content (AvgIpc) is 2.27. The highest BCUT2D eigenvalue weighted by Crippen LogP contribution is 1.98. The van der Waals surface area contributed by atoms with Crippen LogP contribution in [0.1, 0.15) is 12.7 Å². The summed E-state index contributed by atoms with van der Waals surface area (Å²) in [5.41, 5.74) is 4.70. The van der Waals surface area contributed by atoms with Crippen LogP contribution in [0.2, 0.25) is 0 Å². The van der Waals surface area contributed by atoms with E-state index in [2.05, 4.69) is 15.3 Å².